The second-order valence-corrected chi connectivity index (χ2v) is 10.2. The molecule has 4 atom stereocenters. The summed E-state index contributed by atoms with van der Waals surface area (Å²) in [7, 11) is 0. The molecule has 162 valence electrons. The highest BCUT2D eigenvalue weighted by atomic mass is 14.4. The fourth-order valence-corrected chi connectivity index (χ4v) is 6.29. The number of fused-ring (bicyclic) bond motifs is 1. The van der Waals surface area contributed by atoms with Crippen molar-refractivity contribution in [3.63, 3.8) is 0 Å². The molecule has 0 saturated heterocycles. The Morgan fingerprint density at radius 3 is 2.03 bits per heavy atom. The Bertz CT molecular complexity index is 754. The largest absolute Gasteiger partial charge is 0.0654 e. The van der Waals surface area contributed by atoms with Crippen LogP contribution in [-0.2, 0) is 6.42 Å². The standard InChI is InChI=1S/C30H42/c1-3-5-6-7-8-24-11-14-30-22-29(20-19-28(30)21-24)27-17-15-26(16-18-27)25-12-9-23(4-2)10-13-25/h9-10,12-13,15-18,24,28-30H,3-8,11,14,19-22H2,1-2H3. The van der Waals surface area contributed by atoms with E-state index in [1.165, 1.54) is 87.3 Å². The molecule has 0 radical (unpaired) electrons. The number of benzene rings is 2. The van der Waals surface area contributed by atoms with Crippen LogP contribution < -0.4 is 0 Å². The zero-order valence-corrected chi connectivity index (χ0v) is 19.4. The molecular weight excluding hydrogens is 360 g/mol. The van der Waals surface area contributed by atoms with Crippen molar-refractivity contribution in [2.24, 2.45) is 17.8 Å². The molecule has 0 aromatic heterocycles. The van der Waals surface area contributed by atoms with E-state index in [-0.39, 0.29) is 0 Å². The summed E-state index contributed by atoms with van der Waals surface area (Å²) in [6, 6.07) is 18.7. The molecule has 0 N–H and O–H groups in total. The molecule has 2 aromatic rings. The van der Waals surface area contributed by atoms with Gasteiger partial charge in [-0.25, -0.2) is 0 Å². The Hall–Kier alpha value is -1.56. The van der Waals surface area contributed by atoms with Gasteiger partial charge in [-0.1, -0.05) is 101 Å². The minimum atomic E-state index is 0.795. The predicted molar refractivity (Wildman–Crippen MR) is 131 cm³/mol. The predicted octanol–water partition coefficient (Wildman–Crippen LogP) is 9.19. The van der Waals surface area contributed by atoms with E-state index >= 15 is 0 Å². The van der Waals surface area contributed by atoms with Crippen LogP contribution >= 0.6 is 0 Å². The van der Waals surface area contributed by atoms with Gasteiger partial charge < -0.3 is 0 Å². The molecule has 2 aromatic carbocycles. The summed E-state index contributed by atoms with van der Waals surface area (Å²) in [5.74, 6) is 3.86. The van der Waals surface area contributed by atoms with E-state index in [4.69, 9.17) is 0 Å². The van der Waals surface area contributed by atoms with Crippen LogP contribution in [0.25, 0.3) is 11.1 Å². The van der Waals surface area contributed by atoms with Gasteiger partial charge in [0.2, 0.25) is 0 Å². The normalized spacial score (nSPS) is 26.3. The summed E-state index contributed by atoms with van der Waals surface area (Å²) >= 11 is 0. The number of hydrogen-bond acceptors (Lipinski definition) is 0. The molecule has 2 aliphatic rings. The third-order valence-electron chi connectivity index (χ3n) is 8.27. The average Bonchev–Trinajstić information content (AvgIpc) is 2.81. The highest BCUT2D eigenvalue weighted by Gasteiger charge is 2.35. The molecule has 0 nitrogen and oxygen atoms in total. The molecule has 0 heterocycles. The fourth-order valence-electron chi connectivity index (χ4n) is 6.29. The van der Waals surface area contributed by atoms with Crippen molar-refractivity contribution in [1.29, 1.82) is 0 Å². The summed E-state index contributed by atoms with van der Waals surface area (Å²) in [6.45, 7) is 4.54. The average molecular weight is 403 g/mol. The van der Waals surface area contributed by atoms with Gasteiger partial charge in [0, 0.05) is 0 Å². The molecule has 2 fully saturated rings. The lowest BCUT2D eigenvalue weighted by atomic mass is 9.63. The highest BCUT2D eigenvalue weighted by Crippen LogP contribution is 2.48. The highest BCUT2D eigenvalue weighted by molar-refractivity contribution is 5.64. The van der Waals surface area contributed by atoms with Crippen LogP contribution in [-0.4, -0.2) is 0 Å². The van der Waals surface area contributed by atoms with Crippen molar-refractivity contribution in [2.75, 3.05) is 0 Å². The maximum absolute atomic E-state index is 2.42. The lowest BCUT2D eigenvalue weighted by Crippen LogP contribution is -2.30. The quantitative estimate of drug-likeness (QED) is 0.386. The summed E-state index contributed by atoms with van der Waals surface area (Å²) in [5.41, 5.74) is 5.71. The molecule has 0 aliphatic heterocycles. The van der Waals surface area contributed by atoms with Crippen molar-refractivity contribution in [3.05, 3.63) is 59.7 Å². The SMILES string of the molecule is CCCCCCC1CCC2CC(c3ccc(-c4ccc(CC)cc4)cc3)CCC2C1. The molecule has 30 heavy (non-hydrogen) atoms. The minimum Gasteiger partial charge on any atom is -0.0654 e. The van der Waals surface area contributed by atoms with E-state index in [1.807, 2.05) is 0 Å². The van der Waals surface area contributed by atoms with Crippen LogP contribution in [0.4, 0.5) is 0 Å². The Balaban J connectivity index is 1.30. The Morgan fingerprint density at radius 2 is 1.33 bits per heavy atom. The van der Waals surface area contributed by atoms with Crippen LogP contribution in [0.15, 0.2) is 48.5 Å². The van der Waals surface area contributed by atoms with E-state index in [2.05, 4.69) is 62.4 Å². The third kappa shape index (κ3) is 5.37. The zero-order valence-electron chi connectivity index (χ0n) is 19.4. The van der Waals surface area contributed by atoms with Gasteiger partial charge in [-0.3, -0.25) is 0 Å². The van der Waals surface area contributed by atoms with Crippen molar-refractivity contribution < 1.29 is 0 Å². The Labute approximate surface area is 185 Å². The van der Waals surface area contributed by atoms with Gasteiger partial charge in [-0.05, 0) is 84.5 Å². The first-order valence-electron chi connectivity index (χ1n) is 13.0. The molecule has 4 rings (SSSR count). The van der Waals surface area contributed by atoms with Crippen LogP contribution in [0.1, 0.15) is 102 Å². The van der Waals surface area contributed by atoms with Crippen LogP contribution in [0.3, 0.4) is 0 Å². The zero-order chi connectivity index (χ0) is 20.8. The van der Waals surface area contributed by atoms with Gasteiger partial charge in [0.1, 0.15) is 0 Å². The molecule has 0 amide bonds. The van der Waals surface area contributed by atoms with Gasteiger partial charge in [-0.2, -0.15) is 0 Å². The molecule has 4 unspecified atom stereocenters. The van der Waals surface area contributed by atoms with E-state index in [0.717, 1.165) is 30.1 Å². The van der Waals surface area contributed by atoms with Crippen LogP contribution in [0, 0.1) is 17.8 Å². The Morgan fingerprint density at radius 1 is 0.667 bits per heavy atom. The number of unbranched alkanes of at least 4 members (excludes halogenated alkanes) is 3. The number of hydrogen-bond donors (Lipinski definition) is 0. The van der Waals surface area contributed by atoms with E-state index in [1.54, 1.807) is 5.56 Å². The smallest absolute Gasteiger partial charge is 0.0159 e. The van der Waals surface area contributed by atoms with Gasteiger partial charge in [0.25, 0.3) is 0 Å². The first kappa shape index (κ1) is 21.7. The van der Waals surface area contributed by atoms with Gasteiger partial charge >= 0.3 is 0 Å². The van der Waals surface area contributed by atoms with Crippen molar-refractivity contribution >= 4 is 0 Å². The van der Waals surface area contributed by atoms with E-state index in [9.17, 15) is 0 Å². The molecular formula is C30H42. The first-order valence-corrected chi connectivity index (χ1v) is 13.0. The third-order valence-corrected chi connectivity index (χ3v) is 8.27. The summed E-state index contributed by atoms with van der Waals surface area (Å²) < 4.78 is 0. The van der Waals surface area contributed by atoms with Gasteiger partial charge in [0.05, 0.1) is 0 Å². The molecule has 0 spiro atoms. The summed E-state index contributed by atoms with van der Waals surface area (Å²) in [5, 5.41) is 0. The van der Waals surface area contributed by atoms with Crippen LogP contribution in [0.5, 0.6) is 0 Å². The van der Waals surface area contributed by atoms with Crippen LogP contribution in [0.2, 0.25) is 0 Å². The maximum atomic E-state index is 2.42. The number of aryl methyl sites for hydroxylation is 1. The summed E-state index contributed by atoms with van der Waals surface area (Å²) in [4.78, 5) is 0. The molecule has 2 saturated carbocycles. The topological polar surface area (TPSA) is 0 Å². The molecule has 2 aliphatic carbocycles. The van der Waals surface area contributed by atoms with Gasteiger partial charge in [0.15, 0.2) is 0 Å². The lowest BCUT2D eigenvalue weighted by Gasteiger charge is -2.42. The second kappa shape index (κ2) is 10.7. The second-order valence-electron chi connectivity index (χ2n) is 10.2. The maximum Gasteiger partial charge on any atom is -0.0159 e. The van der Waals surface area contributed by atoms with E-state index < -0.39 is 0 Å². The summed E-state index contributed by atoms with van der Waals surface area (Å²) in [6.07, 6.45) is 17.2. The molecule has 0 bridgehead atoms. The Kier molecular flexibility index (Phi) is 7.69. The van der Waals surface area contributed by atoms with Crippen molar-refractivity contribution in [2.45, 2.75) is 96.8 Å². The molecule has 0 heteroatoms. The lowest BCUT2D eigenvalue weighted by molar-refractivity contribution is 0.113. The monoisotopic (exact) mass is 402 g/mol. The number of rotatable bonds is 8. The first-order chi connectivity index (χ1) is 14.8. The fraction of sp³-hybridized carbons (Fsp3) is 0.600. The minimum absolute atomic E-state index is 0.795. The van der Waals surface area contributed by atoms with E-state index in [0.29, 0.717) is 0 Å². The van der Waals surface area contributed by atoms with Crippen molar-refractivity contribution in [1.82, 2.24) is 0 Å². The van der Waals surface area contributed by atoms with Gasteiger partial charge in [-0.15, -0.1) is 0 Å². The van der Waals surface area contributed by atoms with Crippen molar-refractivity contribution in [3.8, 4) is 11.1 Å².